The number of benzene rings is 1. The predicted molar refractivity (Wildman–Crippen MR) is 74.8 cm³/mol. The molecule has 0 aliphatic carbocycles. The molecule has 1 saturated heterocycles. The lowest BCUT2D eigenvalue weighted by atomic mass is 10.1. The van der Waals surface area contributed by atoms with Crippen molar-refractivity contribution in [2.75, 3.05) is 11.9 Å². The first kappa shape index (κ1) is 13.1. The maximum Gasteiger partial charge on any atom is 0.224 e. The van der Waals surface area contributed by atoms with Gasteiger partial charge in [-0.2, -0.15) is 0 Å². The molecule has 2 N–H and O–H groups in total. The second kappa shape index (κ2) is 6.01. The molecule has 0 radical (unpaired) electrons. The number of carbonyl (C=O) groups is 1. The van der Waals surface area contributed by atoms with Gasteiger partial charge in [0, 0.05) is 18.2 Å². The summed E-state index contributed by atoms with van der Waals surface area (Å²) in [6, 6.07) is 6.61. The lowest BCUT2D eigenvalue weighted by molar-refractivity contribution is -0.116. The summed E-state index contributed by atoms with van der Waals surface area (Å²) in [6.07, 6.45) is 3.99. The molecule has 1 aliphatic heterocycles. The molecule has 1 unspecified atom stereocenters. The molecule has 98 valence electrons. The Balaban J connectivity index is 1.86. The molecule has 0 bridgehead atoms. The van der Waals surface area contributed by atoms with Crippen molar-refractivity contribution in [3.8, 4) is 0 Å². The van der Waals surface area contributed by atoms with Crippen molar-refractivity contribution in [3.05, 3.63) is 29.3 Å². The summed E-state index contributed by atoms with van der Waals surface area (Å²) in [6.45, 7) is 5.16. The monoisotopic (exact) mass is 246 g/mol. The van der Waals surface area contributed by atoms with Crippen molar-refractivity contribution in [2.45, 2.75) is 45.6 Å². The van der Waals surface area contributed by atoms with E-state index in [9.17, 15) is 4.79 Å². The van der Waals surface area contributed by atoms with Gasteiger partial charge in [-0.05, 0) is 50.8 Å². The van der Waals surface area contributed by atoms with E-state index in [0.29, 0.717) is 12.5 Å². The standard InChI is InChI=1S/C15H22N2O/c1-11-5-3-6-12(2)15(11)17-14(18)9-8-13-7-4-10-16-13/h3,5-6,13,16H,4,7-10H2,1-2H3,(H,17,18). The lowest BCUT2D eigenvalue weighted by Gasteiger charge is -2.13. The summed E-state index contributed by atoms with van der Waals surface area (Å²) in [7, 11) is 0. The second-order valence-corrected chi connectivity index (χ2v) is 5.15. The number of carbonyl (C=O) groups excluding carboxylic acids is 1. The van der Waals surface area contributed by atoms with E-state index in [1.54, 1.807) is 0 Å². The Morgan fingerprint density at radius 2 is 2.11 bits per heavy atom. The average molecular weight is 246 g/mol. The molecule has 0 saturated carbocycles. The number of hydrogen-bond donors (Lipinski definition) is 2. The van der Waals surface area contributed by atoms with Crippen LogP contribution in [-0.2, 0) is 4.79 Å². The zero-order valence-electron chi connectivity index (χ0n) is 11.3. The Labute approximate surface area is 109 Å². The summed E-state index contributed by atoms with van der Waals surface area (Å²) in [5.41, 5.74) is 3.23. The molecule has 1 amide bonds. The molecular formula is C15H22N2O. The molecule has 1 atom stereocenters. The van der Waals surface area contributed by atoms with Crippen LogP contribution < -0.4 is 10.6 Å². The highest BCUT2D eigenvalue weighted by Gasteiger charge is 2.15. The molecule has 1 fully saturated rings. The van der Waals surface area contributed by atoms with Crippen LogP contribution in [0, 0.1) is 13.8 Å². The van der Waals surface area contributed by atoms with E-state index < -0.39 is 0 Å². The largest absolute Gasteiger partial charge is 0.326 e. The summed E-state index contributed by atoms with van der Waals surface area (Å²) in [5.74, 6) is 0.126. The van der Waals surface area contributed by atoms with Crippen LogP contribution >= 0.6 is 0 Å². The van der Waals surface area contributed by atoms with Gasteiger partial charge in [0.1, 0.15) is 0 Å². The highest BCUT2D eigenvalue weighted by atomic mass is 16.1. The van der Waals surface area contributed by atoms with Crippen molar-refractivity contribution < 1.29 is 4.79 Å². The highest BCUT2D eigenvalue weighted by Crippen LogP contribution is 2.20. The normalized spacial score (nSPS) is 18.9. The molecule has 2 rings (SSSR count). The summed E-state index contributed by atoms with van der Waals surface area (Å²) < 4.78 is 0. The van der Waals surface area contributed by atoms with Gasteiger partial charge in [0.05, 0.1) is 0 Å². The summed E-state index contributed by atoms with van der Waals surface area (Å²) in [4.78, 5) is 11.9. The Kier molecular flexibility index (Phi) is 4.37. The molecule has 1 heterocycles. The van der Waals surface area contributed by atoms with E-state index in [-0.39, 0.29) is 5.91 Å². The van der Waals surface area contributed by atoms with E-state index in [4.69, 9.17) is 0 Å². The fourth-order valence-electron chi connectivity index (χ4n) is 2.52. The average Bonchev–Trinajstić information content (AvgIpc) is 2.84. The first-order valence-corrected chi connectivity index (χ1v) is 6.76. The van der Waals surface area contributed by atoms with E-state index in [2.05, 4.69) is 10.6 Å². The third-order valence-electron chi connectivity index (χ3n) is 3.63. The van der Waals surface area contributed by atoms with Crippen LogP contribution in [-0.4, -0.2) is 18.5 Å². The molecule has 0 aromatic heterocycles. The lowest BCUT2D eigenvalue weighted by Crippen LogP contribution is -2.23. The van der Waals surface area contributed by atoms with Crippen LogP contribution in [0.25, 0.3) is 0 Å². The number of rotatable bonds is 4. The first-order chi connectivity index (χ1) is 8.66. The molecule has 1 aromatic rings. The van der Waals surface area contributed by atoms with Crippen LogP contribution in [0.1, 0.15) is 36.8 Å². The molecule has 1 aromatic carbocycles. The fraction of sp³-hybridized carbons (Fsp3) is 0.533. The molecule has 18 heavy (non-hydrogen) atoms. The number of aryl methyl sites for hydroxylation is 2. The van der Waals surface area contributed by atoms with Crippen molar-refractivity contribution in [1.29, 1.82) is 0 Å². The van der Waals surface area contributed by atoms with Crippen LogP contribution in [0.2, 0.25) is 0 Å². The minimum atomic E-state index is 0.126. The van der Waals surface area contributed by atoms with Gasteiger partial charge in [0.25, 0.3) is 0 Å². The van der Waals surface area contributed by atoms with Gasteiger partial charge in [-0.15, -0.1) is 0 Å². The Morgan fingerprint density at radius 1 is 1.39 bits per heavy atom. The van der Waals surface area contributed by atoms with Gasteiger partial charge >= 0.3 is 0 Å². The van der Waals surface area contributed by atoms with Gasteiger partial charge in [-0.3, -0.25) is 4.79 Å². The van der Waals surface area contributed by atoms with Crippen LogP contribution in [0.5, 0.6) is 0 Å². The molecule has 3 heteroatoms. The molecule has 3 nitrogen and oxygen atoms in total. The van der Waals surface area contributed by atoms with Crippen LogP contribution in [0.15, 0.2) is 18.2 Å². The smallest absolute Gasteiger partial charge is 0.224 e. The van der Waals surface area contributed by atoms with Gasteiger partial charge < -0.3 is 10.6 Å². The molecule has 1 aliphatic rings. The maximum atomic E-state index is 11.9. The van der Waals surface area contributed by atoms with Crippen molar-refractivity contribution in [1.82, 2.24) is 5.32 Å². The summed E-state index contributed by atoms with van der Waals surface area (Å²) in [5, 5.41) is 6.45. The molecular weight excluding hydrogens is 224 g/mol. The minimum absolute atomic E-state index is 0.126. The third kappa shape index (κ3) is 3.33. The van der Waals surface area contributed by atoms with E-state index >= 15 is 0 Å². The predicted octanol–water partition coefficient (Wildman–Crippen LogP) is 2.77. The van der Waals surface area contributed by atoms with E-state index in [0.717, 1.165) is 29.8 Å². The number of anilines is 1. The quantitative estimate of drug-likeness (QED) is 0.857. The van der Waals surface area contributed by atoms with Crippen molar-refractivity contribution >= 4 is 11.6 Å². The Morgan fingerprint density at radius 3 is 2.72 bits per heavy atom. The Hall–Kier alpha value is -1.35. The minimum Gasteiger partial charge on any atom is -0.326 e. The zero-order chi connectivity index (χ0) is 13.0. The maximum absolute atomic E-state index is 11.9. The van der Waals surface area contributed by atoms with Crippen LogP contribution in [0.3, 0.4) is 0 Å². The van der Waals surface area contributed by atoms with Crippen molar-refractivity contribution in [3.63, 3.8) is 0 Å². The fourth-order valence-corrected chi connectivity index (χ4v) is 2.52. The number of amides is 1. The molecule has 0 spiro atoms. The SMILES string of the molecule is Cc1cccc(C)c1NC(=O)CCC1CCCN1. The number of hydrogen-bond acceptors (Lipinski definition) is 2. The number of nitrogens with one attached hydrogen (secondary N) is 2. The van der Waals surface area contributed by atoms with Gasteiger partial charge in [0.15, 0.2) is 0 Å². The zero-order valence-corrected chi connectivity index (χ0v) is 11.3. The van der Waals surface area contributed by atoms with E-state index in [1.165, 1.54) is 12.8 Å². The van der Waals surface area contributed by atoms with E-state index in [1.807, 2.05) is 32.0 Å². The van der Waals surface area contributed by atoms with Crippen molar-refractivity contribution in [2.24, 2.45) is 0 Å². The topological polar surface area (TPSA) is 41.1 Å². The highest BCUT2D eigenvalue weighted by molar-refractivity contribution is 5.92. The Bertz CT molecular complexity index is 402. The second-order valence-electron chi connectivity index (χ2n) is 5.15. The van der Waals surface area contributed by atoms with Gasteiger partial charge in [-0.1, -0.05) is 18.2 Å². The number of para-hydroxylation sites is 1. The van der Waals surface area contributed by atoms with Gasteiger partial charge in [-0.25, -0.2) is 0 Å². The summed E-state index contributed by atoms with van der Waals surface area (Å²) >= 11 is 0. The van der Waals surface area contributed by atoms with Crippen LogP contribution in [0.4, 0.5) is 5.69 Å². The third-order valence-corrected chi connectivity index (χ3v) is 3.63. The van der Waals surface area contributed by atoms with Gasteiger partial charge in [0.2, 0.25) is 5.91 Å². The first-order valence-electron chi connectivity index (χ1n) is 6.76.